The summed E-state index contributed by atoms with van der Waals surface area (Å²) in [6.45, 7) is 6.99. The minimum atomic E-state index is -0.695. The lowest BCUT2D eigenvalue weighted by atomic mass is 9.44. The molecule has 0 radical (unpaired) electrons. The molecule has 0 spiro atoms. The highest BCUT2D eigenvalue weighted by molar-refractivity contribution is 5.90. The first-order valence-electron chi connectivity index (χ1n) is 11.4. The third kappa shape index (κ3) is 2.97. The van der Waals surface area contributed by atoms with E-state index >= 15 is 0 Å². The molecule has 4 aliphatic carbocycles. The molecule has 0 unspecified atom stereocenters. The van der Waals surface area contributed by atoms with E-state index in [9.17, 15) is 14.4 Å². The largest absolute Gasteiger partial charge is 0.481 e. The Balaban J connectivity index is 1.56. The summed E-state index contributed by atoms with van der Waals surface area (Å²) in [4.78, 5) is 36.2. The lowest BCUT2D eigenvalue weighted by molar-refractivity contribution is -0.159. The van der Waals surface area contributed by atoms with Gasteiger partial charge in [0.05, 0.1) is 0 Å². The lowest BCUT2D eigenvalue weighted by Crippen LogP contribution is -2.56. The van der Waals surface area contributed by atoms with Gasteiger partial charge in [-0.15, -0.1) is 0 Å². The molecule has 4 nitrogen and oxygen atoms in total. The SMILES string of the molecule is C[C@H](CCC(=O)O)[C@H]1CC[C@H]2[C@@H]3CC(=O)[C@H]4CC(=O)CC[C@]4(C)[C@H]3CC[C@]12C. The van der Waals surface area contributed by atoms with Gasteiger partial charge in [-0.1, -0.05) is 20.8 Å². The van der Waals surface area contributed by atoms with Crippen LogP contribution in [0.15, 0.2) is 0 Å². The van der Waals surface area contributed by atoms with Gasteiger partial charge in [-0.25, -0.2) is 0 Å². The summed E-state index contributed by atoms with van der Waals surface area (Å²) in [7, 11) is 0. The maximum atomic E-state index is 13.1. The molecular formula is C24H36O4. The zero-order chi connectivity index (χ0) is 20.3. The Labute approximate surface area is 168 Å². The Kier molecular flexibility index (Phi) is 4.99. The highest BCUT2D eigenvalue weighted by atomic mass is 16.4. The Morgan fingerprint density at radius 3 is 2.50 bits per heavy atom. The number of carboxylic acids is 1. The second kappa shape index (κ2) is 6.95. The van der Waals surface area contributed by atoms with E-state index in [2.05, 4.69) is 20.8 Å². The molecule has 0 amide bonds. The number of carbonyl (C=O) groups excluding carboxylic acids is 2. The summed E-state index contributed by atoms with van der Waals surface area (Å²) in [5.74, 6) is 2.54. The van der Waals surface area contributed by atoms with Crippen molar-refractivity contribution in [1.29, 1.82) is 0 Å². The van der Waals surface area contributed by atoms with Gasteiger partial charge < -0.3 is 5.11 Å². The van der Waals surface area contributed by atoms with E-state index in [1.807, 2.05) is 0 Å². The van der Waals surface area contributed by atoms with Crippen LogP contribution < -0.4 is 0 Å². The molecule has 0 bridgehead atoms. The molecule has 4 aliphatic rings. The van der Waals surface area contributed by atoms with Crippen LogP contribution in [0.5, 0.6) is 0 Å². The number of rotatable bonds is 4. The summed E-state index contributed by atoms with van der Waals surface area (Å²) in [6.07, 6.45) is 8.47. The third-order valence-corrected chi connectivity index (χ3v) is 9.85. The van der Waals surface area contributed by atoms with Gasteiger partial charge in [0.25, 0.3) is 0 Å². The number of hydrogen-bond donors (Lipinski definition) is 1. The molecule has 0 aromatic carbocycles. The number of aliphatic carboxylic acids is 1. The van der Waals surface area contributed by atoms with Crippen LogP contribution in [-0.4, -0.2) is 22.6 Å². The average Bonchev–Trinajstić information content (AvgIpc) is 2.99. The smallest absolute Gasteiger partial charge is 0.303 e. The van der Waals surface area contributed by atoms with E-state index in [0.29, 0.717) is 54.6 Å². The molecule has 0 heterocycles. The predicted molar refractivity (Wildman–Crippen MR) is 107 cm³/mol. The molecule has 0 aliphatic heterocycles. The topological polar surface area (TPSA) is 71.4 Å². The Hall–Kier alpha value is -1.19. The van der Waals surface area contributed by atoms with Crippen LogP contribution in [0.25, 0.3) is 0 Å². The van der Waals surface area contributed by atoms with Crippen molar-refractivity contribution in [2.75, 3.05) is 0 Å². The molecule has 1 N–H and O–H groups in total. The Morgan fingerprint density at radius 1 is 1.07 bits per heavy atom. The molecule has 0 saturated heterocycles. The van der Waals surface area contributed by atoms with Crippen LogP contribution in [0, 0.1) is 46.3 Å². The molecule has 4 heteroatoms. The minimum Gasteiger partial charge on any atom is -0.481 e. The second-order valence-corrected chi connectivity index (χ2v) is 11.0. The van der Waals surface area contributed by atoms with Crippen molar-refractivity contribution < 1.29 is 19.5 Å². The number of fused-ring (bicyclic) bond motifs is 5. The molecule has 156 valence electrons. The summed E-state index contributed by atoms with van der Waals surface area (Å²) < 4.78 is 0. The molecular weight excluding hydrogens is 352 g/mol. The second-order valence-electron chi connectivity index (χ2n) is 11.0. The highest BCUT2D eigenvalue weighted by Gasteiger charge is 2.62. The number of ketones is 2. The van der Waals surface area contributed by atoms with Crippen LogP contribution in [-0.2, 0) is 14.4 Å². The quantitative estimate of drug-likeness (QED) is 0.744. The third-order valence-electron chi connectivity index (χ3n) is 9.85. The molecule has 8 atom stereocenters. The van der Waals surface area contributed by atoms with Gasteiger partial charge >= 0.3 is 5.97 Å². The van der Waals surface area contributed by atoms with Crippen molar-refractivity contribution in [3.8, 4) is 0 Å². The minimum absolute atomic E-state index is 0.0161. The van der Waals surface area contributed by atoms with Gasteiger partial charge in [0.2, 0.25) is 0 Å². The van der Waals surface area contributed by atoms with Gasteiger partial charge in [-0.2, -0.15) is 0 Å². The average molecular weight is 389 g/mol. The molecule has 4 rings (SSSR count). The lowest BCUT2D eigenvalue weighted by Gasteiger charge is -2.59. The van der Waals surface area contributed by atoms with Crippen molar-refractivity contribution in [2.45, 2.75) is 85.0 Å². The van der Waals surface area contributed by atoms with Gasteiger partial charge in [-0.05, 0) is 78.9 Å². The molecule has 28 heavy (non-hydrogen) atoms. The van der Waals surface area contributed by atoms with E-state index in [1.165, 1.54) is 25.7 Å². The summed E-state index contributed by atoms with van der Waals surface area (Å²) in [5.41, 5.74) is 0.259. The number of hydrogen-bond acceptors (Lipinski definition) is 3. The van der Waals surface area contributed by atoms with Crippen molar-refractivity contribution in [3.63, 3.8) is 0 Å². The first kappa shape index (κ1) is 20.1. The van der Waals surface area contributed by atoms with Gasteiger partial charge in [-0.3, -0.25) is 14.4 Å². The molecule has 4 fully saturated rings. The first-order chi connectivity index (χ1) is 13.2. The number of carbonyl (C=O) groups is 3. The standard InChI is InChI=1S/C24H36O4/c1-14(4-7-22(27)28)17-5-6-18-16-13-21(26)20-12-15(25)8-10-24(20,3)19(16)9-11-23(17,18)2/h14,16-20H,4-13H2,1-3H3,(H,27,28)/t14-,16+,17-,18+,19+,20-,23-,24-/m1/s1. The summed E-state index contributed by atoms with van der Waals surface area (Å²) in [5, 5.41) is 9.08. The van der Waals surface area contributed by atoms with Crippen LogP contribution >= 0.6 is 0 Å². The molecule has 0 aromatic heterocycles. The fourth-order valence-corrected chi connectivity index (χ4v) is 8.36. The molecule has 4 saturated carbocycles. The summed E-state index contributed by atoms with van der Waals surface area (Å²) in [6, 6.07) is 0. The van der Waals surface area contributed by atoms with E-state index in [4.69, 9.17) is 5.11 Å². The van der Waals surface area contributed by atoms with Crippen LogP contribution in [0.2, 0.25) is 0 Å². The van der Waals surface area contributed by atoms with Gasteiger partial charge in [0.1, 0.15) is 11.6 Å². The van der Waals surface area contributed by atoms with Crippen molar-refractivity contribution in [2.24, 2.45) is 46.3 Å². The fourth-order valence-electron chi connectivity index (χ4n) is 8.36. The van der Waals surface area contributed by atoms with Crippen LogP contribution in [0.4, 0.5) is 0 Å². The van der Waals surface area contributed by atoms with Crippen molar-refractivity contribution in [1.82, 2.24) is 0 Å². The number of carboxylic acid groups (broad SMARTS) is 1. The highest BCUT2D eigenvalue weighted by Crippen LogP contribution is 2.67. The predicted octanol–water partition coefficient (Wildman–Crippen LogP) is 4.89. The van der Waals surface area contributed by atoms with E-state index < -0.39 is 5.97 Å². The van der Waals surface area contributed by atoms with Crippen molar-refractivity contribution >= 4 is 17.5 Å². The number of Topliss-reactive ketones (excluding diaryl/α,β-unsaturated/α-hetero) is 2. The zero-order valence-corrected chi connectivity index (χ0v) is 17.7. The van der Waals surface area contributed by atoms with Crippen LogP contribution in [0.3, 0.4) is 0 Å². The zero-order valence-electron chi connectivity index (χ0n) is 17.7. The maximum Gasteiger partial charge on any atom is 0.303 e. The van der Waals surface area contributed by atoms with Gasteiger partial charge in [0, 0.05) is 31.6 Å². The molecule has 0 aromatic rings. The van der Waals surface area contributed by atoms with E-state index in [-0.39, 0.29) is 29.0 Å². The summed E-state index contributed by atoms with van der Waals surface area (Å²) >= 11 is 0. The Bertz CT molecular complexity index is 684. The monoisotopic (exact) mass is 388 g/mol. The normalized spacial score (nSPS) is 46.5. The fraction of sp³-hybridized carbons (Fsp3) is 0.875. The van der Waals surface area contributed by atoms with E-state index in [1.54, 1.807) is 0 Å². The first-order valence-corrected chi connectivity index (χ1v) is 11.4. The maximum absolute atomic E-state index is 13.1. The Morgan fingerprint density at radius 2 is 1.79 bits per heavy atom. The van der Waals surface area contributed by atoms with E-state index in [0.717, 1.165) is 12.8 Å². The van der Waals surface area contributed by atoms with Crippen molar-refractivity contribution in [3.05, 3.63) is 0 Å². The van der Waals surface area contributed by atoms with Crippen LogP contribution in [0.1, 0.15) is 85.0 Å². The van der Waals surface area contributed by atoms with Gasteiger partial charge in [0.15, 0.2) is 0 Å².